The average molecular weight is 797 g/mol. The van der Waals surface area contributed by atoms with Gasteiger partial charge in [-0.05, 0) is 139 Å². The monoisotopic (exact) mass is 796 g/mol. The standard InChI is InChI=1S/C62H36O/c1-3-11-37(12-4-1)42-19-20-43-34-56-57(36-45(43)33-42)63-62-54(60-48-18-10-8-16-44(48)35-55-46-17-9-7-15-39(46)21-28-53(55)60)32-31-52(61(56)62)49-27-23-41-24-29-50-47(38-13-5-2-6-14-38)26-22-40-25-30-51(49)59(41)58(40)50/h1-36H. The van der Waals surface area contributed by atoms with Crippen LogP contribution in [0.2, 0.25) is 0 Å². The van der Waals surface area contributed by atoms with Crippen molar-refractivity contribution in [2.45, 2.75) is 0 Å². The fourth-order valence-electron chi connectivity index (χ4n) is 10.9. The average Bonchev–Trinajstić information content (AvgIpc) is 3.72. The quantitative estimate of drug-likeness (QED) is 0.128. The van der Waals surface area contributed by atoms with Crippen LogP contribution in [0.5, 0.6) is 0 Å². The first-order chi connectivity index (χ1) is 31.2. The molecule has 0 bridgehead atoms. The minimum absolute atomic E-state index is 0.886. The highest BCUT2D eigenvalue weighted by atomic mass is 16.3. The third-order valence-corrected chi connectivity index (χ3v) is 13.8. The van der Waals surface area contributed by atoms with Gasteiger partial charge in [-0.25, -0.2) is 0 Å². The highest BCUT2D eigenvalue weighted by molar-refractivity contribution is 6.30. The first-order valence-electron chi connectivity index (χ1n) is 21.8. The van der Waals surface area contributed by atoms with Crippen LogP contribution in [-0.4, -0.2) is 0 Å². The van der Waals surface area contributed by atoms with Crippen molar-refractivity contribution in [3.63, 3.8) is 0 Å². The molecule has 0 N–H and O–H groups in total. The van der Waals surface area contributed by atoms with Crippen molar-refractivity contribution in [2.24, 2.45) is 0 Å². The highest BCUT2D eigenvalue weighted by Gasteiger charge is 2.23. The van der Waals surface area contributed by atoms with Gasteiger partial charge in [0.05, 0.1) is 0 Å². The summed E-state index contributed by atoms with van der Waals surface area (Å²) >= 11 is 0. The molecule has 0 aliphatic carbocycles. The molecule has 14 aromatic rings. The fourth-order valence-corrected chi connectivity index (χ4v) is 10.9. The normalized spacial score (nSPS) is 12.1. The molecule has 1 aromatic heterocycles. The molecule has 14 rings (SSSR count). The van der Waals surface area contributed by atoms with Gasteiger partial charge in [-0.3, -0.25) is 0 Å². The lowest BCUT2D eigenvalue weighted by molar-refractivity contribution is 0.670. The van der Waals surface area contributed by atoms with Gasteiger partial charge in [0.25, 0.3) is 0 Å². The summed E-state index contributed by atoms with van der Waals surface area (Å²) in [5.74, 6) is 0. The molecule has 0 spiro atoms. The van der Waals surface area contributed by atoms with Crippen LogP contribution in [0.3, 0.4) is 0 Å². The zero-order valence-electron chi connectivity index (χ0n) is 34.2. The van der Waals surface area contributed by atoms with Crippen molar-refractivity contribution >= 4 is 97.3 Å². The Kier molecular flexibility index (Phi) is 7.17. The van der Waals surface area contributed by atoms with Crippen LogP contribution in [0, 0.1) is 0 Å². The van der Waals surface area contributed by atoms with Crippen molar-refractivity contribution < 1.29 is 4.42 Å². The molecule has 0 fully saturated rings. The van der Waals surface area contributed by atoms with Crippen LogP contribution in [0.25, 0.3) is 142 Å². The Labute approximate surface area is 363 Å². The van der Waals surface area contributed by atoms with Gasteiger partial charge in [-0.15, -0.1) is 0 Å². The Morgan fingerprint density at radius 2 is 0.810 bits per heavy atom. The first kappa shape index (κ1) is 34.5. The molecule has 13 aromatic carbocycles. The molecular formula is C62H36O. The Morgan fingerprint density at radius 3 is 1.60 bits per heavy atom. The van der Waals surface area contributed by atoms with E-state index >= 15 is 0 Å². The second-order valence-corrected chi connectivity index (χ2v) is 17.1. The Balaban J connectivity index is 1.10. The number of hydrogen-bond acceptors (Lipinski definition) is 1. The van der Waals surface area contributed by atoms with Gasteiger partial charge in [0.1, 0.15) is 11.2 Å². The van der Waals surface area contributed by atoms with Crippen LogP contribution in [0.15, 0.2) is 223 Å². The molecule has 0 saturated heterocycles. The molecule has 1 heterocycles. The summed E-state index contributed by atoms with van der Waals surface area (Å²) in [5.41, 5.74) is 11.3. The van der Waals surface area contributed by atoms with Gasteiger partial charge in [0.2, 0.25) is 0 Å². The summed E-state index contributed by atoms with van der Waals surface area (Å²) < 4.78 is 7.33. The fraction of sp³-hybridized carbons (Fsp3) is 0. The molecular weight excluding hydrogens is 761 g/mol. The molecule has 0 unspecified atom stereocenters. The van der Waals surface area contributed by atoms with Crippen LogP contribution in [-0.2, 0) is 0 Å². The van der Waals surface area contributed by atoms with E-state index in [0.29, 0.717) is 0 Å². The number of fused-ring (bicyclic) bond motifs is 8. The van der Waals surface area contributed by atoms with Crippen LogP contribution >= 0.6 is 0 Å². The summed E-state index contributed by atoms with van der Waals surface area (Å²) in [7, 11) is 0. The van der Waals surface area contributed by atoms with E-state index in [1.807, 2.05) is 0 Å². The summed E-state index contributed by atoms with van der Waals surface area (Å²) in [5, 5.41) is 19.6. The van der Waals surface area contributed by atoms with Crippen LogP contribution in [0.4, 0.5) is 0 Å². The molecule has 0 saturated carbocycles. The largest absolute Gasteiger partial charge is 0.455 e. The van der Waals surface area contributed by atoms with Crippen molar-refractivity contribution in [3.05, 3.63) is 218 Å². The minimum atomic E-state index is 0.886. The predicted molar refractivity (Wildman–Crippen MR) is 269 cm³/mol. The van der Waals surface area contributed by atoms with E-state index in [1.54, 1.807) is 0 Å². The Morgan fingerprint density at radius 1 is 0.238 bits per heavy atom. The van der Waals surface area contributed by atoms with Crippen LogP contribution < -0.4 is 0 Å². The van der Waals surface area contributed by atoms with Gasteiger partial charge in [0.15, 0.2) is 0 Å². The van der Waals surface area contributed by atoms with Crippen molar-refractivity contribution in [1.29, 1.82) is 0 Å². The molecule has 1 heteroatoms. The lowest BCUT2D eigenvalue weighted by Gasteiger charge is -2.18. The number of rotatable bonds is 4. The Hall–Kier alpha value is -8.26. The van der Waals surface area contributed by atoms with Gasteiger partial charge in [-0.2, -0.15) is 0 Å². The lowest BCUT2D eigenvalue weighted by atomic mass is 9.85. The van der Waals surface area contributed by atoms with Crippen molar-refractivity contribution in [3.8, 4) is 44.5 Å². The third-order valence-electron chi connectivity index (χ3n) is 13.8. The maximum absolute atomic E-state index is 7.33. The number of furan rings is 1. The third kappa shape index (κ3) is 5.05. The second-order valence-electron chi connectivity index (χ2n) is 17.1. The van der Waals surface area contributed by atoms with Gasteiger partial charge in [0, 0.05) is 21.9 Å². The van der Waals surface area contributed by atoms with E-state index in [1.165, 1.54) is 109 Å². The molecule has 0 aliphatic rings. The topological polar surface area (TPSA) is 13.1 Å². The Bertz CT molecular complexity index is 4180. The van der Waals surface area contributed by atoms with Crippen LogP contribution in [0.1, 0.15) is 0 Å². The van der Waals surface area contributed by atoms with Crippen molar-refractivity contribution in [2.75, 3.05) is 0 Å². The van der Waals surface area contributed by atoms with Gasteiger partial charge in [-0.1, -0.05) is 188 Å². The zero-order valence-corrected chi connectivity index (χ0v) is 34.2. The second kappa shape index (κ2) is 13.1. The molecule has 1 nitrogen and oxygen atoms in total. The molecule has 0 radical (unpaired) electrons. The van der Waals surface area contributed by atoms with E-state index < -0.39 is 0 Å². The maximum Gasteiger partial charge on any atom is 0.143 e. The summed E-state index contributed by atoms with van der Waals surface area (Å²) in [6.07, 6.45) is 0. The predicted octanol–water partition coefficient (Wildman–Crippen LogP) is 17.8. The zero-order chi connectivity index (χ0) is 41.2. The molecule has 290 valence electrons. The molecule has 0 amide bonds. The number of benzene rings is 13. The van der Waals surface area contributed by atoms with E-state index in [-0.39, 0.29) is 0 Å². The lowest BCUT2D eigenvalue weighted by Crippen LogP contribution is -1.91. The summed E-state index contributed by atoms with van der Waals surface area (Å²) in [4.78, 5) is 0. The highest BCUT2D eigenvalue weighted by Crippen LogP contribution is 2.49. The van der Waals surface area contributed by atoms with E-state index in [2.05, 4.69) is 218 Å². The maximum atomic E-state index is 7.33. The van der Waals surface area contributed by atoms with Gasteiger partial charge >= 0.3 is 0 Å². The number of hydrogen-bond donors (Lipinski definition) is 0. The molecule has 63 heavy (non-hydrogen) atoms. The summed E-state index contributed by atoms with van der Waals surface area (Å²) in [6, 6.07) is 80.5. The minimum Gasteiger partial charge on any atom is -0.455 e. The van der Waals surface area contributed by atoms with E-state index in [9.17, 15) is 0 Å². The van der Waals surface area contributed by atoms with E-state index in [4.69, 9.17) is 4.42 Å². The molecule has 0 atom stereocenters. The smallest absolute Gasteiger partial charge is 0.143 e. The molecule has 0 aliphatic heterocycles. The first-order valence-corrected chi connectivity index (χ1v) is 21.8. The summed E-state index contributed by atoms with van der Waals surface area (Å²) in [6.45, 7) is 0. The van der Waals surface area contributed by atoms with Gasteiger partial charge < -0.3 is 4.42 Å². The van der Waals surface area contributed by atoms with E-state index in [0.717, 1.165) is 32.9 Å². The van der Waals surface area contributed by atoms with Crippen molar-refractivity contribution in [1.82, 2.24) is 0 Å². The SMILES string of the molecule is c1ccc(-c2ccc3cc4c(cc3c2)oc2c(-c3c5ccccc5cc5c3ccc3ccccc35)ccc(-c3ccc5ccc6c(-c7ccccc7)ccc7ccc3c5c76)c24)cc1.